The maximum absolute atomic E-state index is 13.1. The first-order valence-electron chi connectivity index (χ1n) is 10.6. The second-order valence-electron chi connectivity index (χ2n) is 8.36. The molecule has 3 rings (SSSR count). The van der Waals surface area contributed by atoms with Crippen LogP contribution in [-0.2, 0) is 9.53 Å². The van der Waals surface area contributed by atoms with Crippen LogP contribution in [0.1, 0.15) is 33.1 Å². The van der Waals surface area contributed by atoms with Gasteiger partial charge in [0.25, 0.3) is 0 Å². The highest BCUT2D eigenvalue weighted by Gasteiger charge is 2.24. The first kappa shape index (κ1) is 21.1. The van der Waals surface area contributed by atoms with E-state index in [2.05, 4.69) is 23.6 Å². The largest absolute Gasteiger partial charge is 0.378 e. The number of hydrogen-bond donors (Lipinski definition) is 0. The molecular weight excluding hydrogens is 357 g/mol. The van der Waals surface area contributed by atoms with Crippen LogP contribution in [0.25, 0.3) is 0 Å². The second-order valence-corrected chi connectivity index (χ2v) is 8.36. The van der Waals surface area contributed by atoms with Crippen molar-refractivity contribution in [3.63, 3.8) is 0 Å². The molecule has 0 N–H and O–H groups in total. The Kier molecular flexibility index (Phi) is 7.68. The fraction of sp³-hybridized carbons (Fsp3) is 0.682. The zero-order valence-electron chi connectivity index (χ0n) is 17.3. The smallest absolute Gasteiger partial charge is 0.223 e. The molecule has 0 saturated carbocycles. The topological polar surface area (TPSA) is 36.0 Å². The van der Waals surface area contributed by atoms with Crippen LogP contribution in [0.2, 0.25) is 0 Å². The summed E-state index contributed by atoms with van der Waals surface area (Å²) in [7, 11) is 0. The minimum Gasteiger partial charge on any atom is -0.378 e. The van der Waals surface area contributed by atoms with Crippen LogP contribution in [-0.4, -0.2) is 74.2 Å². The first-order valence-corrected chi connectivity index (χ1v) is 10.6. The number of piperidine rings is 1. The molecule has 0 bridgehead atoms. The third-order valence-electron chi connectivity index (χ3n) is 5.67. The van der Waals surface area contributed by atoms with E-state index in [4.69, 9.17) is 4.74 Å². The van der Waals surface area contributed by atoms with Gasteiger partial charge in [-0.15, -0.1) is 0 Å². The Bertz CT molecular complexity index is 607. The molecule has 0 spiro atoms. The molecule has 2 aliphatic heterocycles. The van der Waals surface area contributed by atoms with Crippen molar-refractivity contribution in [2.24, 2.45) is 5.92 Å². The number of piperazine rings is 1. The zero-order chi connectivity index (χ0) is 19.9. The summed E-state index contributed by atoms with van der Waals surface area (Å²) in [4.78, 5) is 19.2. The van der Waals surface area contributed by atoms with Gasteiger partial charge in [-0.3, -0.25) is 4.79 Å². The number of anilines is 1. The van der Waals surface area contributed by atoms with Crippen molar-refractivity contribution in [1.82, 2.24) is 9.80 Å². The maximum atomic E-state index is 13.1. The highest BCUT2D eigenvalue weighted by molar-refractivity contribution is 5.76. The predicted molar refractivity (Wildman–Crippen MR) is 110 cm³/mol. The molecule has 6 heteroatoms. The predicted octanol–water partition coefficient (Wildman–Crippen LogP) is 3.00. The lowest BCUT2D eigenvalue weighted by Gasteiger charge is -2.37. The molecule has 0 atom stereocenters. The van der Waals surface area contributed by atoms with E-state index in [1.165, 1.54) is 12.1 Å². The Labute approximate surface area is 168 Å². The van der Waals surface area contributed by atoms with Crippen molar-refractivity contribution < 1.29 is 13.9 Å². The molecule has 1 amide bonds. The van der Waals surface area contributed by atoms with Gasteiger partial charge in [-0.05, 0) is 43.0 Å². The summed E-state index contributed by atoms with van der Waals surface area (Å²) in [6, 6.07) is 6.59. The molecule has 2 aliphatic rings. The van der Waals surface area contributed by atoms with Crippen LogP contribution in [0.4, 0.5) is 10.1 Å². The number of carbonyl (C=O) groups excluding carboxylic acids is 1. The number of benzene rings is 1. The van der Waals surface area contributed by atoms with Crippen LogP contribution in [0.15, 0.2) is 24.3 Å². The molecule has 0 unspecified atom stereocenters. The number of halogens is 1. The molecular formula is C22H34FN3O2. The monoisotopic (exact) mass is 391 g/mol. The Morgan fingerprint density at radius 2 is 1.71 bits per heavy atom. The van der Waals surface area contributed by atoms with E-state index in [-0.39, 0.29) is 11.7 Å². The van der Waals surface area contributed by atoms with E-state index < -0.39 is 0 Å². The average molecular weight is 392 g/mol. The van der Waals surface area contributed by atoms with E-state index in [0.29, 0.717) is 18.4 Å². The number of amides is 1. The summed E-state index contributed by atoms with van der Waals surface area (Å²) in [5.41, 5.74) is 1.02. The van der Waals surface area contributed by atoms with Gasteiger partial charge in [0.2, 0.25) is 5.91 Å². The van der Waals surface area contributed by atoms with Gasteiger partial charge in [-0.2, -0.15) is 0 Å². The Balaban J connectivity index is 1.33. The molecule has 2 saturated heterocycles. The quantitative estimate of drug-likeness (QED) is 0.716. The van der Waals surface area contributed by atoms with E-state index in [0.717, 1.165) is 70.9 Å². The normalized spacial score (nSPS) is 19.4. The molecule has 5 nitrogen and oxygen atoms in total. The SMILES string of the molecule is CC(C)COC1CCN(CCC(=O)N2CCN(c3ccc(F)cc3)CC2)CC1. The lowest BCUT2D eigenvalue weighted by molar-refractivity contribution is -0.132. The van der Waals surface area contributed by atoms with Crippen molar-refractivity contribution in [2.75, 3.05) is 57.3 Å². The summed E-state index contributed by atoms with van der Waals surface area (Å²) in [6.07, 6.45) is 3.11. The minimum absolute atomic E-state index is 0.215. The fourth-order valence-electron chi connectivity index (χ4n) is 3.91. The van der Waals surface area contributed by atoms with Gasteiger partial charge < -0.3 is 19.4 Å². The summed E-state index contributed by atoms with van der Waals surface area (Å²) in [6.45, 7) is 11.2. The third kappa shape index (κ3) is 6.17. The van der Waals surface area contributed by atoms with Gasteiger partial charge in [0.1, 0.15) is 5.82 Å². The van der Waals surface area contributed by atoms with Crippen LogP contribution in [0, 0.1) is 11.7 Å². The lowest BCUT2D eigenvalue weighted by atomic mass is 10.1. The van der Waals surface area contributed by atoms with Crippen molar-refractivity contribution in [2.45, 2.75) is 39.2 Å². The number of nitrogens with zero attached hydrogens (tertiary/aromatic N) is 3. The van der Waals surface area contributed by atoms with Crippen molar-refractivity contribution in [3.8, 4) is 0 Å². The molecule has 1 aromatic carbocycles. The molecule has 1 aromatic rings. The van der Waals surface area contributed by atoms with Crippen LogP contribution in [0.5, 0.6) is 0 Å². The summed E-state index contributed by atoms with van der Waals surface area (Å²) in [5, 5.41) is 0. The van der Waals surface area contributed by atoms with Gasteiger partial charge in [0.15, 0.2) is 0 Å². The molecule has 0 aromatic heterocycles. The van der Waals surface area contributed by atoms with Gasteiger partial charge in [0, 0.05) is 64.5 Å². The van der Waals surface area contributed by atoms with E-state index >= 15 is 0 Å². The second kappa shape index (κ2) is 10.2. The van der Waals surface area contributed by atoms with Crippen LogP contribution < -0.4 is 4.90 Å². The fourth-order valence-corrected chi connectivity index (χ4v) is 3.91. The van der Waals surface area contributed by atoms with Crippen LogP contribution in [0.3, 0.4) is 0 Å². The summed E-state index contributed by atoms with van der Waals surface area (Å²) in [5.74, 6) is 0.615. The maximum Gasteiger partial charge on any atom is 0.223 e. The summed E-state index contributed by atoms with van der Waals surface area (Å²) >= 11 is 0. The van der Waals surface area contributed by atoms with Gasteiger partial charge in [0.05, 0.1) is 6.10 Å². The number of ether oxygens (including phenoxy) is 1. The minimum atomic E-state index is -0.215. The van der Waals surface area contributed by atoms with Crippen LogP contribution >= 0.6 is 0 Å². The number of carbonyl (C=O) groups is 1. The highest BCUT2D eigenvalue weighted by Crippen LogP contribution is 2.18. The van der Waals surface area contributed by atoms with E-state index in [1.807, 2.05) is 4.90 Å². The molecule has 0 aliphatic carbocycles. The van der Waals surface area contributed by atoms with Gasteiger partial charge in [-0.25, -0.2) is 4.39 Å². The summed E-state index contributed by atoms with van der Waals surface area (Å²) < 4.78 is 19.0. The van der Waals surface area contributed by atoms with Crippen molar-refractivity contribution in [3.05, 3.63) is 30.1 Å². The van der Waals surface area contributed by atoms with E-state index in [9.17, 15) is 9.18 Å². The van der Waals surface area contributed by atoms with Crippen molar-refractivity contribution >= 4 is 11.6 Å². The molecule has 156 valence electrons. The van der Waals surface area contributed by atoms with Crippen molar-refractivity contribution in [1.29, 1.82) is 0 Å². The highest BCUT2D eigenvalue weighted by atomic mass is 19.1. The Morgan fingerprint density at radius 1 is 1.07 bits per heavy atom. The molecule has 2 heterocycles. The number of hydrogen-bond acceptors (Lipinski definition) is 4. The lowest BCUT2D eigenvalue weighted by Crippen LogP contribution is -2.49. The zero-order valence-corrected chi connectivity index (χ0v) is 17.3. The average Bonchev–Trinajstić information content (AvgIpc) is 2.72. The first-order chi connectivity index (χ1) is 13.5. The standard InChI is InChI=1S/C22H34FN3O2/c1-18(2)17-28-21-7-10-24(11-8-21)12-9-22(27)26-15-13-25(14-16-26)20-5-3-19(23)4-6-20/h3-6,18,21H,7-17H2,1-2H3. The number of rotatable bonds is 7. The number of likely N-dealkylation sites (tertiary alicyclic amines) is 1. The molecule has 2 fully saturated rings. The van der Waals surface area contributed by atoms with Gasteiger partial charge in [-0.1, -0.05) is 13.8 Å². The Hall–Kier alpha value is -1.66. The molecule has 0 radical (unpaired) electrons. The van der Waals surface area contributed by atoms with Gasteiger partial charge >= 0.3 is 0 Å². The third-order valence-corrected chi connectivity index (χ3v) is 5.67. The van der Waals surface area contributed by atoms with E-state index in [1.54, 1.807) is 12.1 Å². The Morgan fingerprint density at radius 3 is 2.32 bits per heavy atom. The molecule has 28 heavy (non-hydrogen) atoms.